The third kappa shape index (κ3) is 1.87. The van der Waals surface area contributed by atoms with Gasteiger partial charge in [0.15, 0.2) is 0 Å². The first kappa shape index (κ1) is 10.9. The minimum Gasteiger partial charge on any atom is -0.481 e. The van der Waals surface area contributed by atoms with Crippen LogP contribution in [0, 0.1) is 11.7 Å². The number of carboxylic acid groups (broad SMARTS) is 1. The van der Waals surface area contributed by atoms with Crippen LogP contribution >= 0.6 is 0 Å². The normalized spacial score (nSPS) is 17.8. The molecule has 16 heavy (non-hydrogen) atoms. The number of rotatable bonds is 3. The molecule has 0 saturated heterocycles. The van der Waals surface area contributed by atoms with Gasteiger partial charge in [0.1, 0.15) is 5.82 Å². The molecule has 4 heteroatoms. The molecule has 1 saturated carbocycles. The van der Waals surface area contributed by atoms with E-state index in [1.165, 1.54) is 18.2 Å². The van der Waals surface area contributed by atoms with Crippen molar-refractivity contribution in [3.8, 4) is 0 Å². The average Bonchev–Trinajstić information content (AvgIpc) is 2.15. The van der Waals surface area contributed by atoms with Gasteiger partial charge >= 0.3 is 5.97 Å². The van der Waals surface area contributed by atoms with Gasteiger partial charge in [-0.1, -0.05) is 6.42 Å². The van der Waals surface area contributed by atoms with Crippen molar-refractivity contribution in [1.29, 1.82) is 0 Å². The Balaban J connectivity index is 2.37. The van der Waals surface area contributed by atoms with Crippen molar-refractivity contribution in [2.45, 2.75) is 25.2 Å². The summed E-state index contributed by atoms with van der Waals surface area (Å²) in [6.07, 6.45) is 2.81. The quantitative estimate of drug-likeness (QED) is 0.773. The second-order valence-corrected chi connectivity index (χ2v) is 4.28. The Hall–Kier alpha value is -1.58. The molecule has 1 unspecified atom stereocenters. The molecule has 0 bridgehead atoms. The topological polar surface area (TPSA) is 63.3 Å². The molecule has 1 fully saturated rings. The zero-order valence-electron chi connectivity index (χ0n) is 8.82. The first-order valence-electron chi connectivity index (χ1n) is 5.37. The van der Waals surface area contributed by atoms with Gasteiger partial charge in [-0.3, -0.25) is 4.79 Å². The number of benzene rings is 1. The highest BCUT2D eigenvalue weighted by atomic mass is 19.1. The number of carbonyl (C=O) groups is 1. The van der Waals surface area contributed by atoms with E-state index >= 15 is 0 Å². The summed E-state index contributed by atoms with van der Waals surface area (Å²) in [5, 5.41) is 9.20. The summed E-state index contributed by atoms with van der Waals surface area (Å²) < 4.78 is 13.1. The highest BCUT2D eigenvalue weighted by Crippen LogP contribution is 2.41. The fourth-order valence-corrected chi connectivity index (χ4v) is 2.18. The largest absolute Gasteiger partial charge is 0.481 e. The van der Waals surface area contributed by atoms with Crippen LogP contribution < -0.4 is 5.73 Å². The van der Waals surface area contributed by atoms with Gasteiger partial charge < -0.3 is 10.8 Å². The van der Waals surface area contributed by atoms with E-state index in [9.17, 15) is 14.3 Å². The minimum absolute atomic E-state index is 0.0987. The van der Waals surface area contributed by atoms with Gasteiger partial charge in [0.05, 0.1) is 5.92 Å². The van der Waals surface area contributed by atoms with Crippen molar-refractivity contribution in [3.63, 3.8) is 0 Å². The first-order valence-corrected chi connectivity index (χ1v) is 5.37. The monoisotopic (exact) mass is 223 g/mol. The predicted octanol–water partition coefficient (Wildman–Crippen LogP) is 2.38. The van der Waals surface area contributed by atoms with Gasteiger partial charge in [0, 0.05) is 5.69 Å². The van der Waals surface area contributed by atoms with E-state index < -0.39 is 17.7 Å². The standard InChI is InChI=1S/C12H14FNO2/c13-8-4-5-10(14)9(6-8)11(12(15)16)7-2-1-3-7/h4-7,11H,1-3,14H2,(H,15,16). The van der Waals surface area contributed by atoms with Crippen molar-refractivity contribution in [2.75, 3.05) is 5.73 Å². The third-order valence-electron chi connectivity index (χ3n) is 3.27. The van der Waals surface area contributed by atoms with Crippen molar-refractivity contribution < 1.29 is 14.3 Å². The van der Waals surface area contributed by atoms with Crippen LogP contribution in [-0.4, -0.2) is 11.1 Å². The molecule has 1 aliphatic rings. The van der Waals surface area contributed by atoms with Crippen molar-refractivity contribution in [1.82, 2.24) is 0 Å². The van der Waals surface area contributed by atoms with E-state index in [1.807, 2.05) is 0 Å². The average molecular weight is 223 g/mol. The van der Waals surface area contributed by atoms with Crippen LogP contribution in [0.15, 0.2) is 18.2 Å². The zero-order chi connectivity index (χ0) is 11.7. The maximum atomic E-state index is 13.1. The molecule has 0 aliphatic heterocycles. The smallest absolute Gasteiger partial charge is 0.311 e. The highest BCUT2D eigenvalue weighted by Gasteiger charge is 2.35. The van der Waals surface area contributed by atoms with E-state index in [0.29, 0.717) is 11.3 Å². The molecule has 0 amide bonds. The molecular weight excluding hydrogens is 209 g/mol. The molecular formula is C12H14FNO2. The molecule has 3 nitrogen and oxygen atoms in total. The molecule has 0 heterocycles. The van der Waals surface area contributed by atoms with Crippen LogP contribution in [0.5, 0.6) is 0 Å². The number of hydrogen-bond acceptors (Lipinski definition) is 2. The summed E-state index contributed by atoms with van der Waals surface area (Å²) in [7, 11) is 0. The Labute approximate surface area is 93.1 Å². The lowest BCUT2D eigenvalue weighted by Gasteiger charge is -2.31. The Morgan fingerprint density at radius 1 is 1.50 bits per heavy atom. The second kappa shape index (κ2) is 4.12. The molecule has 2 rings (SSSR count). The molecule has 0 aromatic heterocycles. The minimum atomic E-state index is -0.915. The Bertz CT molecular complexity index is 415. The number of nitrogen functional groups attached to an aromatic ring is 1. The summed E-state index contributed by atoms with van der Waals surface area (Å²) >= 11 is 0. The lowest BCUT2D eigenvalue weighted by atomic mass is 9.72. The van der Waals surface area contributed by atoms with Crippen LogP contribution in [-0.2, 0) is 4.79 Å². The maximum absolute atomic E-state index is 13.1. The number of aliphatic carboxylic acids is 1. The van der Waals surface area contributed by atoms with Crippen LogP contribution in [0.3, 0.4) is 0 Å². The van der Waals surface area contributed by atoms with E-state index in [-0.39, 0.29) is 5.92 Å². The molecule has 3 N–H and O–H groups in total. The number of anilines is 1. The third-order valence-corrected chi connectivity index (χ3v) is 3.27. The van der Waals surface area contributed by atoms with Gasteiger partial charge in [0.25, 0.3) is 0 Å². The molecule has 1 aromatic carbocycles. The summed E-state index contributed by atoms with van der Waals surface area (Å²) in [6, 6.07) is 3.92. The summed E-state index contributed by atoms with van der Waals surface area (Å²) in [6.45, 7) is 0. The van der Waals surface area contributed by atoms with E-state index in [0.717, 1.165) is 19.3 Å². The Kier molecular flexibility index (Phi) is 2.81. The fourth-order valence-electron chi connectivity index (χ4n) is 2.18. The molecule has 86 valence electrons. The van der Waals surface area contributed by atoms with Crippen molar-refractivity contribution in [2.24, 2.45) is 5.92 Å². The van der Waals surface area contributed by atoms with Crippen LogP contribution in [0.1, 0.15) is 30.7 Å². The first-order chi connectivity index (χ1) is 7.59. The second-order valence-electron chi connectivity index (χ2n) is 4.28. The van der Waals surface area contributed by atoms with Gasteiger partial charge in [0.2, 0.25) is 0 Å². The Morgan fingerprint density at radius 3 is 2.69 bits per heavy atom. The molecule has 1 aromatic rings. The zero-order valence-corrected chi connectivity index (χ0v) is 8.82. The molecule has 1 aliphatic carbocycles. The van der Waals surface area contributed by atoms with Crippen molar-refractivity contribution >= 4 is 11.7 Å². The summed E-state index contributed by atoms with van der Waals surface area (Å²) in [5.74, 6) is -1.91. The lowest BCUT2D eigenvalue weighted by molar-refractivity contribution is -0.141. The van der Waals surface area contributed by atoms with Gasteiger partial charge in [-0.05, 0) is 42.5 Å². The summed E-state index contributed by atoms with van der Waals surface area (Å²) in [5.41, 5.74) is 6.49. The van der Waals surface area contributed by atoms with E-state index in [2.05, 4.69) is 0 Å². The molecule has 0 spiro atoms. The SMILES string of the molecule is Nc1ccc(F)cc1C(C(=O)O)C1CCC1. The maximum Gasteiger partial charge on any atom is 0.311 e. The molecule has 0 radical (unpaired) electrons. The molecule has 1 atom stereocenters. The van der Waals surface area contributed by atoms with Crippen molar-refractivity contribution in [3.05, 3.63) is 29.6 Å². The van der Waals surface area contributed by atoms with Gasteiger partial charge in [-0.15, -0.1) is 0 Å². The number of hydrogen-bond donors (Lipinski definition) is 2. The van der Waals surface area contributed by atoms with Crippen LogP contribution in [0.4, 0.5) is 10.1 Å². The highest BCUT2D eigenvalue weighted by molar-refractivity contribution is 5.79. The summed E-state index contributed by atoms with van der Waals surface area (Å²) in [4.78, 5) is 11.2. The van der Waals surface area contributed by atoms with Gasteiger partial charge in [-0.25, -0.2) is 4.39 Å². The number of nitrogens with two attached hydrogens (primary N) is 1. The lowest BCUT2D eigenvalue weighted by Crippen LogP contribution is -2.27. The number of halogens is 1. The van der Waals surface area contributed by atoms with Gasteiger partial charge in [-0.2, -0.15) is 0 Å². The van der Waals surface area contributed by atoms with E-state index in [1.54, 1.807) is 0 Å². The van der Waals surface area contributed by atoms with Crippen LogP contribution in [0.25, 0.3) is 0 Å². The number of carboxylic acids is 1. The fraction of sp³-hybridized carbons (Fsp3) is 0.417. The Morgan fingerprint density at radius 2 is 2.19 bits per heavy atom. The van der Waals surface area contributed by atoms with Crippen LogP contribution in [0.2, 0.25) is 0 Å². The predicted molar refractivity (Wildman–Crippen MR) is 58.5 cm³/mol. The van der Waals surface area contributed by atoms with E-state index in [4.69, 9.17) is 5.73 Å².